The maximum atomic E-state index is 13.7. The zero-order valence-corrected chi connectivity index (χ0v) is 15.2. The van der Waals surface area contributed by atoms with E-state index in [1.165, 1.54) is 12.1 Å². The van der Waals surface area contributed by atoms with Gasteiger partial charge in [0.1, 0.15) is 11.6 Å². The Kier molecular flexibility index (Phi) is 4.91. The summed E-state index contributed by atoms with van der Waals surface area (Å²) in [5.41, 5.74) is 0.994. The van der Waals surface area contributed by atoms with Gasteiger partial charge in [0.05, 0.1) is 15.0 Å². The number of aromatic hydroxyl groups is 1. The molecule has 3 rings (SSSR count). The zero-order chi connectivity index (χ0) is 17.3. The first-order valence-corrected chi connectivity index (χ1v) is 8.82. The summed E-state index contributed by atoms with van der Waals surface area (Å²) < 4.78 is 14.4. The van der Waals surface area contributed by atoms with Gasteiger partial charge >= 0.3 is 0 Å². The summed E-state index contributed by atoms with van der Waals surface area (Å²) in [6.45, 7) is -0.0954. The zero-order valence-electron chi connectivity index (χ0n) is 12.2. The van der Waals surface area contributed by atoms with Gasteiger partial charge in [-0.25, -0.2) is 4.39 Å². The van der Waals surface area contributed by atoms with Gasteiger partial charge in [-0.2, -0.15) is 0 Å². The van der Waals surface area contributed by atoms with Gasteiger partial charge in [0.15, 0.2) is 0 Å². The lowest BCUT2D eigenvalue weighted by molar-refractivity contribution is -0.123. The molecule has 0 unspecified atom stereocenters. The summed E-state index contributed by atoms with van der Waals surface area (Å²) in [5, 5.41) is 9.10. The van der Waals surface area contributed by atoms with E-state index in [0.29, 0.717) is 14.7 Å². The fraction of sp³-hybridized carbons (Fsp3) is 0.0588. The number of phenols is 1. The van der Waals surface area contributed by atoms with Crippen molar-refractivity contribution in [1.29, 1.82) is 0 Å². The van der Waals surface area contributed by atoms with E-state index in [0.717, 1.165) is 16.7 Å². The molecule has 0 aromatic heterocycles. The van der Waals surface area contributed by atoms with Crippen LogP contribution in [0.4, 0.5) is 9.18 Å². The first-order chi connectivity index (χ1) is 11.5. The summed E-state index contributed by atoms with van der Waals surface area (Å²) in [6, 6.07) is 10.9. The van der Waals surface area contributed by atoms with Gasteiger partial charge in [0.25, 0.3) is 11.1 Å². The predicted molar refractivity (Wildman–Crippen MR) is 98.7 cm³/mol. The number of hydrogen-bond acceptors (Lipinski definition) is 4. The Morgan fingerprint density at radius 2 is 1.96 bits per heavy atom. The number of rotatable bonds is 3. The van der Waals surface area contributed by atoms with Crippen LogP contribution < -0.4 is 0 Å². The lowest BCUT2D eigenvalue weighted by Crippen LogP contribution is -2.27. The number of amides is 2. The average molecular weight is 455 g/mol. The Morgan fingerprint density at radius 1 is 1.21 bits per heavy atom. The van der Waals surface area contributed by atoms with Crippen LogP contribution in [-0.2, 0) is 11.3 Å². The van der Waals surface area contributed by atoms with E-state index in [1.807, 2.05) is 22.6 Å². The smallest absolute Gasteiger partial charge is 0.293 e. The molecule has 2 aromatic rings. The number of hydrogen-bond donors (Lipinski definition) is 1. The highest BCUT2D eigenvalue weighted by molar-refractivity contribution is 14.1. The molecule has 122 valence electrons. The fourth-order valence-corrected chi connectivity index (χ4v) is 3.58. The molecule has 1 fully saturated rings. The molecule has 0 aliphatic carbocycles. The van der Waals surface area contributed by atoms with Crippen molar-refractivity contribution < 1.29 is 19.1 Å². The van der Waals surface area contributed by atoms with Crippen LogP contribution >= 0.6 is 34.4 Å². The lowest BCUT2D eigenvalue weighted by Gasteiger charge is -2.12. The van der Waals surface area contributed by atoms with Crippen LogP contribution in [0.2, 0.25) is 0 Å². The van der Waals surface area contributed by atoms with Gasteiger partial charge in [-0.1, -0.05) is 24.3 Å². The second-order valence-electron chi connectivity index (χ2n) is 5.07. The molecule has 7 heteroatoms. The van der Waals surface area contributed by atoms with Crippen molar-refractivity contribution >= 4 is 51.6 Å². The van der Waals surface area contributed by atoms with Crippen molar-refractivity contribution in [3.8, 4) is 5.75 Å². The molecule has 24 heavy (non-hydrogen) atoms. The van der Waals surface area contributed by atoms with Crippen LogP contribution in [0.25, 0.3) is 6.08 Å². The first-order valence-electron chi connectivity index (χ1n) is 6.93. The fourth-order valence-electron chi connectivity index (χ4n) is 2.20. The number of phenolic OH excluding ortho intramolecular Hbond substituents is 1. The number of benzene rings is 2. The third-order valence-electron chi connectivity index (χ3n) is 3.43. The second kappa shape index (κ2) is 6.94. The maximum Gasteiger partial charge on any atom is 0.293 e. The monoisotopic (exact) mass is 455 g/mol. The normalized spacial score (nSPS) is 16.2. The SMILES string of the molecule is O=C1S/C(=C/c2ccc(O)c(I)c2)C(=O)N1Cc1ccccc1F. The number of nitrogens with zero attached hydrogens (tertiary/aromatic N) is 1. The first kappa shape index (κ1) is 17.0. The Balaban J connectivity index is 1.84. The molecule has 0 saturated carbocycles. The molecule has 0 spiro atoms. The van der Waals surface area contributed by atoms with Gasteiger partial charge in [-0.3, -0.25) is 14.5 Å². The van der Waals surface area contributed by atoms with Gasteiger partial charge in [0.2, 0.25) is 0 Å². The molecule has 1 N–H and O–H groups in total. The molecule has 2 amide bonds. The van der Waals surface area contributed by atoms with Crippen LogP contribution in [0, 0.1) is 9.39 Å². The molecule has 1 aliphatic heterocycles. The minimum atomic E-state index is -0.450. The highest BCUT2D eigenvalue weighted by atomic mass is 127. The number of thioether (sulfide) groups is 1. The Morgan fingerprint density at radius 3 is 2.67 bits per heavy atom. The molecular formula is C17H11FINO3S. The molecule has 0 bridgehead atoms. The average Bonchev–Trinajstić information content (AvgIpc) is 2.80. The Labute approximate surface area is 155 Å². The minimum absolute atomic E-state index is 0.0954. The molecule has 2 aromatic carbocycles. The van der Waals surface area contributed by atoms with E-state index in [9.17, 15) is 19.1 Å². The van der Waals surface area contributed by atoms with E-state index < -0.39 is 17.0 Å². The van der Waals surface area contributed by atoms with Crippen LogP contribution in [0.5, 0.6) is 5.75 Å². The van der Waals surface area contributed by atoms with E-state index in [4.69, 9.17) is 0 Å². The third-order valence-corrected chi connectivity index (χ3v) is 5.20. The topological polar surface area (TPSA) is 57.6 Å². The van der Waals surface area contributed by atoms with Gasteiger partial charge in [-0.15, -0.1) is 0 Å². The predicted octanol–water partition coefficient (Wildman–Crippen LogP) is 4.37. The van der Waals surface area contributed by atoms with E-state index in [1.54, 1.807) is 36.4 Å². The summed E-state index contributed by atoms with van der Waals surface area (Å²) in [7, 11) is 0. The van der Waals surface area contributed by atoms with Crippen molar-refractivity contribution in [2.24, 2.45) is 0 Å². The lowest BCUT2D eigenvalue weighted by atomic mass is 10.2. The largest absolute Gasteiger partial charge is 0.507 e. The number of carbonyl (C=O) groups is 2. The van der Waals surface area contributed by atoms with Crippen LogP contribution in [0.1, 0.15) is 11.1 Å². The number of imide groups is 1. The standard InChI is InChI=1S/C17H11FINO3S/c18-12-4-2-1-3-11(12)9-20-16(22)15(24-17(20)23)8-10-5-6-14(21)13(19)7-10/h1-8,21H,9H2/b15-8+. The quantitative estimate of drug-likeness (QED) is 0.552. The molecule has 0 atom stereocenters. The number of carbonyl (C=O) groups excluding carboxylic acids is 2. The Hall–Kier alpha value is -1.87. The molecule has 0 radical (unpaired) electrons. The van der Waals surface area contributed by atoms with E-state index in [-0.39, 0.29) is 17.2 Å². The van der Waals surface area contributed by atoms with Crippen molar-refractivity contribution in [3.05, 3.63) is 67.9 Å². The van der Waals surface area contributed by atoms with Crippen LogP contribution in [0.3, 0.4) is 0 Å². The van der Waals surface area contributed by atoms with Gasteiger partial charge in [0, 0.05) is 5.56 Å². The summed E-state index contributed by atoms with van der Waals surface area (Å²) in [4.78, 5) is 25.8. The highest BCUT2D eigenvalue weighted by Gasteiger charge is 2.35. The van der Waals surface area contributed by atoms with Gasteiger partial charge in [-0.05, 0) is 64.2 Å². The molecule has 1 heterocycles. The summed E-state index contributed by atoms with van der Waals surface area (Å²) in [5.74, 6) is -0.745. The maximum absolute atomic E-state index is 13.7. The van der Waals surface area contributed by atoms with Crippen molar-refractivity contribution in [1.82, 2.24) is 4.90 Å². The number of halogens is 2. The van der Waals surface area contributed by atoms with Crippen molar-refractivity contribution in [3.63, 3.8) is 0 Å². The highest BCUT2D eigenvalue weighted by Crippen LogP contribution is 2.34. The van der Waals surface area contributed by atoms with Crippen LogP contribution in [0.15, 0.2) is 47.4 Å². The molecular weight excluding hydrogens is 444 g/mol. The Bertz CT molecular complexity index is 869. The van der Waals surface area contributed by atoms with Crippen molar-refractivity contribution in [2.45, 2.75) is 6.54 Å². The minimum Gasteiger partial charge on any atom is -0.507 e. The van der Waals surface area contributed by atoms with E-state index in [2.05, 4.69) is 0 Å². The van der Waals surface area contributed by atoms with Crippen LogP contribution in [-0.4, -0.2) is 21.2 Å². The third kappa shape index (κ3) is 3.46. The van der Waals surface area contributed by atoms with E-state index >= 15 is 0 Å². The summed E-state index contributed by atoms with van der Waals surface area (Å²) in [6.07, 6.45) is 1.59. The second-order valence-corrected chi connectivity index (χ2v) is 7.23. The van der Waals surface area contributed by atoms with Gasteiger partial charge < -0.3 is 5.11 Å². The molecule has 1 aliphatic rings. The molecule has 1 saturated heterocycles. The summed E-state index contributed by atoms with van der Waals surface area (Å²) >= 11 is 2.80. The molecule has 4 nitrogen and oxygen atoms in total. The van der Waals surface area contributed by atoms with Crippen molar-refractivity contribution in [2.75, 3.05) is 0 Å².